The average molecular weight is 647 g/mol. The molecule has 0 bridgehead atoms. The van der Waals surface area contributed by atoms with E-state index in [-0.39, 0.29) is 20.1 Å². The van der Waals surface area contributed by atoms with Crippen LogP contribution in [-0.2, 0) is 20.1 Å². The van der Waals surface area contributed by atoms with E-state index in [2.05, 4.69) is 83.1 Å². The van der Waals surface area contributed by atoms with Gasteiger partial charge < -0.3 is 4.57 Å². The Balaban J connectivity index is 0.00000267. The Hall–Kier alpha value is -3.86. The molecule has 0 fully saturated rings. The molecule has 0 saturated carbocycles. The smallest absolute Gasteiger partial charge is 0.127 e. The molecule has 0 aliphatic rings. The van der Waals surface area contributed by atoms with Crippen LogP contribution in [0.1, 0.15) is 17.0 Å². The van der Waals surface area contributed by atoms with Crippen molar-refractivity contribution in [1.82, 2.24) is 24.3 Å². The predicted octanol–water partition coefficient (Wildman–Crippen LogP) is 6.66. The van der Waals surface area contributed by atoms with Crippen LogP contribution >= 0.6 is 0 Å². The molecule has 0 saturated heterocycles. The number of para-hydroxylation sites is 1. The molecular formula is C30H24IrN5-. The molecule has 0 aliphatic carbocycles. The van der Waals surface area contributed by atoms with E-state index < -0.39 is 0 Å². The van der Waals surface area contributed by atoms with Gasteiger partial charge in [-0.2, -0.15) is 5.10 Å². The van der Waals surface area contributed by atoms with E-state index in [1.807, 2.05) is 48.0 Å². The van der Waals surface area contributed by atoms with Gasteiger partial charge in [0.2, 0.25) is 0 Å². The second-order valence-corrected chi connectivity index (χ2v) is 8.77. The van der Waals surface area contributed by atoms with Crippen LogP contribution in [0.3, 0.4) is 0 Å². The molecule has 6 rings (SSSR count). The monoisotopic (exact) mass is 647 g/mol. The van der Waals surface area contributed by atoms with Gasteiger partial charge in [0.05, 0.1) is 11.5 Å². The van der Waals surface area contributed by atoms with E-state index >= 15 is 0 Å². The maximum Gasteiger partial charge on any atom is 0.127 e. The van der Waals surface area contributed by atoms with E-state index in [1.165, 1.54) is 11.1 Å². The Kier molecular flexibility index (Phi) is 6.40. The van der Waals surface area contributed by atoms with Crippen molar-refractivity contribution in [2.45, 2.75) is 20.8 Å². The Morgan fingerprint density at radius 2 is 1.44 bits per heavy atom. The van der Waals surface area contributed by atoms with Crippen molar-refractivity contribution < 1.29 is 20.1 Å². The van der Waals surface area contributed by atoms with Gasteiger partial charge in [0.1, 0.15) is 12.2 Å². The number of hydrogen-bond acceptors (Lipinski definition) is 3. The fourth-order valence-corrected chi connectivity index (χ4v) is 4.85. The molecule has 0 spiro atoms. The number of imidazole rings is 1. The van der Waals surface area contributed by atoms with Crippen molar-refractivity contribution in [3.05, 3.63) is 114 Å². The average Bonchev–Trinajstić information content (AvgIpc) is 3.48. The molecule has 2 aromatic heterocycles. The van der Waals surface area contributed by atoms with Crippen LogP contribution < -0.4 is 0 Å². The van der Waals surface area contributed by atoms with Gasteiger partial charge in [0.15, 0.2) is 0 Å². The van der Waals surface area contributed by atoms with Crippen LogP contribution in [-0.4, -0.2) is 24.3 Å². The summed E-state index contributed by atoms with van der Waals surface area (Å²) in [5.41, 5.74) is 9.58. The summed E-state index contributed by atoms with van der Waals surface area (Å²) in [5.74, 6) is 1.68. The zero-order chi connectivity index (χ0) is 23.9. The molecule has 0 atom stereocenters. The first kappa shape index (κ1) is 23.9. The zero-order valence-electron chi connectivity index (χ0n) is 20.2. The number of rotatable bonds is 4. The molecule has 5 nitrogen and oxygen atoms in total. The minimum absolute atomic E-state index is 0. The maximum absolute atomic E-state index is 4.83. The molecule has 1 radical (unpaired) electrons. The van der Waals surface area contributed by atoms with E-state index in [0.29, 0.717) is 0 Å². The molecular weight excluding hydrogens is 623 g/mol. The topological polar surface area (TPSA) is 48.5 Å². The Morgan fingerprint density at radius 1 is 0.778 bits per heavy atom. The summed E-state index contributed by atoms with van der Waals surface area (Å²) >= 11 is 0. The van der Waals surface area contributed by atoms with Gasteiger partial charge in [-0.3, -0.25) is 14.6 Å². The molecule has 0 aliphatic heterocycles. The Morgan fingerprint density at radius 3 is 2.14 bits per heavy atom. The fourth-order valence-electron chi connectivity index (χ4n) is 4.85. The summed E-state index contributed by atoms with van der Waals surface area (Å²) in [7, 11) is 0. The third-order valence-electron chi connectivity index (χ3n) is 6.37. The summed E-state index contributed by atoms with van der Waals surface area (Å²) in [6, 6.07) is 32.6. The summed E-state index contributed by atoms with van der Waals surface area (Å²) < 4.78 is 4.06. The number of benzene rings is 4. The van der Waals surface area contributed by atoms with Gasteiger partial charge in [0, 0.05) is 31.3 Å². The van der Waals surface area contributed by atoms with Crippen LogP contribution in [0.2, 0.25) is 0 Å². The summed E-state index contributed by atoms with van der Waals surface area (Å²) in [6.07, 6.45) is 1.60. The molecule has 2 heterocycles. The third-order valence-corrected chi connectivity index (χ3v) is 6.37. The van der Waals surface area contributed by atoms with Crippen LogP contribution in [0, 0.1) is 26.8 Å². The molecule has 179 valence electrons. The first-order chi connectivity index (χ1) is 17.1. The Bertz CT molecular complexity index is 1640. The number of aryl methyl sites for hydroxylation is 3. The molecule has 4 aromatic carbocycles. The largest absolute Gasteiger partial charge is 0.338 e. The van der Waals surface area contributed by atoms with Gasteiger partial charge in [-0.05, 0) is 72.8 Å². The summed E-state index contributed by atoms with van der Waals surface area (Å²) in [4.78, 5) is 9.43. The SMILES string of the molecule is Cc1cc(-c2ccccc2)cc(C)c1-n1ncnc1-c1[c-]cc2c(c1)nc(C)n2-c1ccccc1.[Ir]. The van der Waals surface area contributed by atoms with Gasteiger partial charge in [-0.15, -0.1) is 23.8 Å². The maximum atomic E-state index is 4.83. The molecule has 0 amide bonds. The fraction of sp³-hybridized carbons (Fsp3) is 0.100. The summed E-state index contributed by atoms with van der Waals surface area (Å²) in [5, 5.41) is 4.60. The Labute approximate surface area is 223 Å². The van der Waals surface area contributed by atoms with Crippen molar-refractivity contribution in [1.29, 1.82) is 0 Å². The van der Waals surface area contributed by atoms with Crippen LogP contribution in [0.5, 0.6) is 0 Å². The molecule has 0 unspecified atom stereocenters. The van der Waals surface area contributed by atoms with Crippen molar-refractivity contribution in [3.63, 3.8) is 0 Å². The number of hydrogen-bond donors (Lipinski definition) is 0. The third kappa shape index (κ3) is 4.09. The van der Waals surface area contributed by atoms with Crippen molar-refractivity contribution in [3.8, 4) is 33.9 Å². The molecule has 6 aromatic rings. The van der Waals surface area contributed by atoms with Crippen molar-refractivity contribution in [2.24, 2.45) is 0 Å². The second-order valence-electron chi connectivity index (χ2n) is 8.77. The van der Waals surface area contributed by atoms with Gasteiger partial charge >= 0.3 is 0 Å². The minimum atomic E-state index is 0. The van der Waals surface area contributed by atoms with Crippen LogP contribution in [0.25, 0.3) is 44.9 Å². The minimum Gasteiger partial charge on any atom is -0.338 e. The molecule has 0 N–H and O–H groups in total. The predicted molar refractivity (Wildman–Crippen MR) is 140 cm³/mol. The number of fused-ring (bicyclic) bond motifs is 1. The van der Waals surface area contributed by atoms with Crippen LogP contribution in [0.4, 0.5) is 0 Å². The van der Waals surface area contributed by atoms with E-state index in [4.69, 9.17) is 4.98 Å². The molecule has 6 heteroatoms. The first-order valence-corrected chi connectivity index (χ1v) is 11.6. The van der Waals surface area contributed by atoms with Gasteiger partial charge in [-0.1, -0.05) is 48.5 Å². The van der Waals surface area contributed by atoms with Gasteiger partial charge in [-0.25, -0.2) is 0 Å². The normalized spacial score (nSPS) is 11.0. The summed E-state index contributed by atoms with van der Waals surface area (Å²) in [6.45, 7) is 6.27. The van der Waals surface area contributed by atoms with E-state index in [1.54, 1.807) is 6.33 Å². The quantitative estimate of drug-likeness (QED) is 0.201. The number of nitrogens with zero attached hydrogens (tertiary/aromatic N) is 5. The van der Waals surface area contributed by atoms with E-state index in [9.17, 15) is 0 Å². The second kappa shape index (κ2) is 9.65. The zero-order valence-corrected chi connectivity index (χ0v) is 22.6. The van der Waals surface area contributed by atoms with E-state index in [0.717, 1.165) is 50.7 Å². The van der Waals surface area contributed by atoms with Crippen molar-refractivity contribution >= 4 is 11.0 Å². The van der Waals surface area contributed by atoms with Gasteiger partial charge in [0.25, 0.3) is 0 Å². The van der Waals surface area contributed by atoms with Crippen molar-refractivity contribution in [2.75, 3.05) is 0 Å². The first-order valence-electron chi connectivity index (χ1n) is 11.6. The standard InChI is InChI=1S/C30H24N5.Ir/c1-20-16-25(23-10-6-4-7-11-23)17-21(2)29(20)35-30(31-19-32-35)24-14-15-28-27(18-24)33-22(3)34(28)26-12-8-5-9-13-26;/h4-13,15-19H,1-3H3;/q-1;. The van der Waals surface area contributed by atoms with Crippen LogP contribution in [0.15, 0.2) is 91.3 Å². The molecule has 36 heavy (non-hydrogen) atoms. The number of aromatic nitrogens is 5.